The number of hydrogen-bond acceptors (Lipinski definition) is 10. The fourth-order valence-electron chi connectivity index (χ4n) is 6.68. The maximum Gasteiger partial charge on any atom is 0.343 e. The highest BCUT2D eigenvalue weighted by Gasteiger charge is 2.34. The van der Waals surface area contributed by atoms with E-state index in [1.54, 1.807) is 24.3 Å². The van der Waals surface area contributed by atoms with Gasteiger partial charge in [0.25, 0.3) is 0 Å². The monoisotopic (exact) mass is 738 g/mol. The van der Waals surface area contributed by atoms with E-state index in [-0.39, 0.29) is 16.7 Å². The van der Waals surface area contributed by atoms with Gasteiger partial charge in [-0.2, -0.15) is 4.89 Å². The van der Waals surface area contributed by atoms with Crippen LogP contribution in [-0.4, -0.2) is 72.0 Å². The molecule has 7 rings (SSSR count). The summed E-state index contributed by atoms with van der Waals surface area (Å²) in [4.78, 5) is 24.3. The maximum atomic E-state index is 13.0. The van der Waals surface area contributed by atoms with Gasteiger partial charge in [-0.1, -0.05) is 45.0 Å². The van der Waals surface area contributed by atoms with Gasteiger partial charge in [-0.05, 0) is 88.5 Å². The normalized spacial score (nSPS) is 17.4. The van der Waals surface area contributed by atoms with E-state index in [0.29, 0.717) is 62.5 Å². The lowest BCUT2D eigenvalue weighted by atomic mass is 9.90. The second-order valence-electron chi connectivity index (χ2n) is 15.2. The van der Waals surface area contributed by atoms with E-state index in [2.05, 4.69) is 20.8 Å². The predicted octanol–water partition coefficient (Wildman–Crippen LogP) is 8.19. The van der Waals surface area contributed by atoms with Crippen molar-refractivity contribution < 1.29 is 47.7 Å². The Morgan fingerprint density at radius 1 is 0.648 bits per heavy atom. The van der Waals surface area contributed by atoms with Crippen LogP contribution in [0.5, 0.6) is 23.0 Å². The van der Waals surface area contributed by atoms with Crippen molar-refractivity contribution in [2.45, 2.75) is 46.1 Å². The van der Waals surface area contributed by atoms with E-state index in [4.69, 9.17) is 42.9 Å². The zero-order valence-corrected chi connectivity index (χ0v) is 31.4. The van der Waals surface area contributed by atoms with Crippen LogP contribution in [0.25, 0.3) is 11.1 Å². The minimum Gasteiger partial charge on any atom is -0.494 e. The molecule has 2 saturated heterocycles. The van der Waals surface area contributed by atoms with Crippen LogP contribution in [0.1, 0.15) is 66.6 Å². The number of ether oxygens (including phenoxy) is 7. The predicted molar refractivity (Wildman–Crippen MR) is 202 cm³/mol. The van der Waals surface area contributed by atoms with Crippen molar-refractivity contribution in [3.8, 4) is 34.1 Å². The van der Waals surface area contributed by atoms with Crippen LogP contribution in [-0.2, 0) is 30.4 Å². The Morgan fingerprint density at radius 2 is 1.15 bits per heavy atom. The molecule has 0 aromatic heterocycles. The van der Waals surface area contributed by atoms with Gasteiger partial charge in [0.05, 0.1) is 58.4 Å². The molecule has 0 N–H and O–H groups in total. The molecule has 2 heterocycles. The number of esters is 1. The van der Waals surface area contributed by atoms with Gasteiger partial charge < -0.3 is 38.0 Å². The van der Waals surface area contributed by atoms with Gasteiger partial charge in [-0.3, -0.25) is 0 Å². The van der Waals surface area contributed by atoms with E-state index >= 15 is 0 Å². The zero-order chi connectivity index (χ0) is 37.4. The molecule has 4 aromatic rings. The Morgan fingerprint density at radius 3 is 1.69 bits per heavy atom. The largest absolute Gasteiger partial charge is 0.494 e. The molecule has 0 amide bonds. The molecule has 10 nitrogen and oxygen atoms in total. The Balaban J connectivity index is 0.824. The van der Waals surface area contributed by atoms with Gasteiger partial charge >= 0.3 is 5.97 Å². The smallest absolute Gasteiger partial charge is 0.343 e. The first-order valence-corrected chi connectivity index (χ1v) is 18.8. The molecule has 0 spiro atoms. The number of hydrogen-bond donors (Lipinski definition) is 0. The summed E-state index contributed by atoms with van der Waals surface area (Å²) < 4.78 is 39.5. The fourth-order valence-corrected chi connectivity index (χ4v) is 6.68. The van der Waals surface area contributed by atoms with Crippen molar-refractivity contribution in [1.82, 2.24) is 0 Å². The molecule has 0 radical (unpaired) electrons. The van der Waals surface area contributed by atoms with Crippen LogP contribution >= 0.6 is 0 Å². The van der Waals surface area contributed by atoms with Crippen molar-refractivity contribution in [3.63, 3.8) is 0 Å². The van der Waals surface area contributed by atoms with Gasteiger partial charge in [-0.15, -0.1) is 0 Å². The maximum absolute atomic E-state index is 13.0. The summed E-state index contributed by atoms with van der Waals surface area (Å²) in [6.45, 7) is 13.7. The van der Waals surface area contributed by atoms with Crippen LogP contribution in [0, 0.1) is 10.8 Å². The van der Waals surface area contributed by atoms with E-state index in [0.717, 1.165) is 79.4 Å². The van der Waals surface area contributed by atoms with Crippen molar-refractivity contribution in [1.29, 1.82) is 0 Å². The summed E-state index contributed by atoms with van der Waals surface area (Å²) >= 11 is 0. The standard InChI is InChI=1S/C44H50O10/c1-31-40-22-36(53-42(45)33-8-12-35(13-9-33)51-21-5-19-47-26-44(3)29-49-30-44)14-16-38(40)39-17-15-37(23-41(31)39)54-52-24-32-6-10-34(11-7-32)50-20-4-18-46-25-43(2)27-48-28-43/h6-17,22-23,31H,4-5,18-21,24-30H2,1-3H3. The Hall–Kier alpha value is -4.45. The highest BCUT2D eigenvalue weighted by atomic mass is 17.2. The fraction of sp³-hybridized carbons (Fsp3) is 0.432. The molecule has 3 aliphatic rings. The van der Waals surface area contributed by atoms with Crippen molar-refractivity contribution in [2.75, 3.05) is 66.1 Å². The third-order valence-electron chi connectivity index (χ3n) is 9.98. The van der Waals surface area contributed by atoms with Crippen LogP contribution in [0.3, 0.4) is 0 Å². The number of fused-ring (bicyclic) bond motifs is 3. The van der Waals surface area contributed by atoms with Crippen molar-refractivity contribution >= 4 is 5.97 Å². The summed E-state index contributed by atoms with van der Waals surface area (Å²) in [6.07, 6.45) is 1.61. The first-order valence-electron chi connectivity index (χ1n) is 18.8. The summed E-state index contributed by atoms with van der Waals surface area (Å²) in [5.41, 5.74) is 6.18. The van der Waals surface area contributed by atoms with Crippen LogP contribution in [0.4, 0.5) is 0 Å². The Kier molecular flexibility index (Phi) is 12.2. The van der Waals surface area contributed by atoms with Gasteiger partial charge in [0.15, 0.2) is 5.75 Å². The van der Waals surface area contributed by atoms with Gasteiger partial charge in [0.1, 0.15) is 23.9 Å². The molecule has 0 saturated carbocycles. The van der Waals surface area contributed by atoms with Gasteiger partial charge in [0, 0.05) is 42.8 Å². The molecule has 0 bridgehead atoms. The van der Waals surface area contributed by atoms with Crippen molar-refractivity contribution in [2.24, 2.45) is 10.8 Å². The Labute approximate surface area is 317 Å². The van der Waals surface area contributed by atoms with Gasteiger partial charge in [-0.25, -0.2) is 4.79 Å². The molecular formula is C44H50O10. The van der Waals surface area contributed by atoms with Gasteiger partial charge in [0.2, 0.25) is 0 Å². The number of rotatable bonds is 20. The lowest BCUT2D eigenvalue weighted by molar-refractivity contribution is -0.217. The molecule has 1 aliphatic carbocycles. The van der Waals surface area contributed by atoms with Crippen LogP contribution in [0.2, 0.25) is 0 Å². The third kappa shape index (κ3) is 9.61. The lowest BCUT2D eigenvalue weighted by Gasteiger charge is -2.37. The quantitative estimate of drug-likeness (QED) is 0.0290. The summed E-state index contributed by atoms with van der Waals surface area (Å²) in [5.74, 6) is 2.27. The number of carbonyl (C=O) groups is 1. The second-order valence-corrected chi connectivity index (χ2v) is 15.2. The molecule has 2 aliphatic heterocycles. The first-order chi connectivity index (χ1) is 26.3. The summed E-state index contributed by atoms with van der Waals surface area (Å²) in [7, 11) is 0. The van der Waals surface area contributed by atoms with E-state index < -0.39 is 5.97 Å². The minimum atomic E-state index is -0.424. The highest BCUT2D eigenvalue weighted by molar-refractivity contribution is 5.91. The van der Waals surface area contributed by atoms with E-state index in [1.165, 1.54) is 0 Å². The Bertz CT molecular complexity index is 1850. The molecule has 54 heavy (non-hydrogen) atoms. The molecule has 2 fully saturated rings. The second kappa shape index (κ2) is 17.3. The molecule has 286 valence electrons. The molecule has 4 aromatic carbocycles. The average molecular weight is 739 g/mol. The topological polar surface area (TPSA) is 100 Å². The van der Waals surface area contributed by atoms with Crippen molar-refractivity contribution in [3.05, 3.63) is 107 Å². The lowest BCUT2D eigenvalue weighted by Crippen LogP contribution is -2.43. The molecule has 1 atom stereocenters. The van der Waals surface area contributed by atoms with E-state index in [1.807, 2.05) is 60.7 Å². The zero-order valence-electron chi connectivity index (χ0n) is 31.4. The molecular weight excluding hydrogens is 688 g/mol. The molecule has 1 unspecified atom stereocenters. The highest BCUT2D eigenvalue weighted by Crippen LogP contribution is 2.47. The average Bonchev–Trinajstić information content (AvgIpc) is 3.43. The molecule has 10 heteroatoms. The first kappa shape index (κ1) is 37.8. The number of benzene rings is 4. The van der Waals surface area contributed by atoms with E-state index in [9.17, 15) is 4.79 Å². The summed E-state index contributed by atoms with van der Waals surface area (Å²) in [5, 5.41) is 0. The van der Waals surface area contributed by atoms with Crippen LogP contribution < -0.4 is 19.1 Å². The SMILES string of the molecule is CC1c2cc(OOCc3ccc(OCCCOCC4(C)COC4)cc3)ccc2-c2ccc(OC(=O)c3ccc(OCCCOCC4(C)COC4)cc3)cc21. The van der Waals surface area contributed by atoms with Crippen LogP contribution in [0.15, 0.2) is 84.9 Å². The summed E-state index contributed by atoms with van der Waals surface area (Å²) in [6, 6.07) is 26.6. The third-order valence-corrected chi connectivity index (χ3v) is 9.98. The number of carbonyl (C=O) groups excluding carboxylic acids is 1. The minimum absolute atomic E-state index is 0.0779.